The highest BCUT2D eigenvalue weighted by molar-refractivity contribution is 5.85. The van der Waals surface area contributed by atoms with Crippen molar-refractivity contribution in [2.75, 3.05) is 6.61 Å². The Morgan fingerprint density at radius 1 is 1.47 bits per heavy atom. The minimum absolute atomic E-state index is 0. The van der Waals surface area contributed by atoms with Gasteiger partial charge >= 0.3 is 6.18 Å². The van der Waals surface area contributed by atoms with Crippen LogP contribution in [0.4, 0.5) is 13.2 Å². The van der Waals surface area contributed by atoms with E-state index >= 15 is 0 Å². The summed E-state index contributed by atoms with van der Waals surface area (Å²) in [5, 5.41) is 0. The standard InChI is InChI=1S/C9H11F3N2O2.ClH/c1-5-2-7(16-4-9(10,11)12)6(3-13)8(15)14-5;/h2H,3-4,13H2,1H3,(H,14,15);1H. The highest BCUT2D eigenvalue weighted by atomic mass is 35.5. The third-order valence-corrected chi connectivity index (χ3v) is 1.83. The average Bonchev–Trinajstić information content (AvgIpc) is 2.12. The first-order valence-corrected chi connectivity index (χ1v) is 4.46. The number of aromatic amines is 1. The maximum atomic E-state index is 11.9. The maximum Gasteiger partial charge on any atom is 0.422 e. The van der Waals surface area contributed by atoms with E-state index in [1.807, 2.05) is 0 Å². The molecule has 0 aromatic carbocycles. The number of halogens is 4. The molecule has 98 valence electrons. The monoisotopic (exact) mass is 272 g/mol. The fourth-order valence-electron chi connectivity index (χ4n) is 1.17. The quantitative estimate of drug-likeness (QED) is 0.876. The highest BCUT2D eigenvalue weighted by Crippen LogP contribution is 2.20. The van der Waals surface area contributed by atoms with Crippen LogP contribution in [-0.2, 0) is 6.54 Å². The Kier molecular flexibility index (Phi) is 5.50. The topological polar surface area (TPSA) is 68.1 Å². The van der Waals surface area contributed by atoms with Crippen LogP contribution in [0.25, 0.3) is 0 Å². The molecule has 0 saturated carbocycles. The molecule has 0 bridgehead atoms. The summed E-state index contributed by atoms with van der Waals surface area (Å²) < 4.78 is 40.3. The van der Waals surface area contributed by atoms with Gasteiger partial charge in [0.2, 0.25) is 0 Å². The number of aromatic nitrogens is 1. The van der Waals surface area contributed by atoms with E-state index in [-0.39, 0.29) is 30.3 Å². The van der Waals surface area contributed by atoms with Gasteiger partial charge in [-0.15, -0.1) is 12.4 Å². The van der Waals surface area contributed by atoms with E-state index in [9.17, 15) is 18.0 Å². The third-order valence-electron chi connectivity index (χ3n) is 1.83. The molecule has 1 aromatic rings. The van der Waals surface area contributed by atoms with Crippen molar-refractivity contribution in [1.82, 2.24) is 4.98 Å². The molecule has 0 saturated heterocycles. The second-order valence-corrected chi connectivity index (χ2v) is 3.23. The predicted octanol–water partition coefficient (Wildman–Crippen LogP) is 1.50. The fraction of sp³-hybridized carbons (Fsp3) is 0.444. The highest BCUT2D eigenvalue weighted by Gasteiger charge is 2.29. The van der Waals surface area contributed by atoms with Gasteiger partial charge in [-0.1, -0.05) is 0 Å². The molecule has 3 N–H and O–H groups in total. The lowest BCUT2D eigenvalue weighted by Crippen LogP contribution is -2.23. The zero-order valence-electron chi connectivity index (χ0n) is 8.93. The van der Waals surface area contributed by atoms with Crippen molar-refractivity contribution in [2.45, 2.75) is 19.6 Å². The summed E-state index contributed by atoms with van der Waals surface area (Å²) in [7, 11) is 0. The second kappa shape index (κ2) is 5.92. The molecule has 8 heteroatoms. The molecule has 1 heterocycles. The molecule has 0 aliphatic rings. The number of rotatable bonds is 3. The summed E-state index contributed by atoms with van der Waals surface area (Å²) >= 11 is 0. The lowest BCUT2D eigenvalue weighted by Gasteiger charge is -2.12. The van der Waals surface area contributed by atoms with Crippen LogP contribution in [-0.4, -0.2) is 17.8 Å². The van der Waals surface area contributed by atoms with Gasteiger partial charge < -0.3 is 15.5 Å². The van der Waals surface area contributed by atoms with E-state index < -0.39 is 18.3 Å². The first-order valence-electron chi connectivity index (χ1n) is 4.46. The number of hydrogen-bond donors (Lipinski definition) is 2. The molecule has 0 unspecified atom stereocenters. The van der Waals surface area contributed by atoms with Gasteiger partial charge in [0.25, 0.3) is 5.56 Å². The van der Waals surface area contributed by atoms with Crippen LogP contribution in [0.1, 0.15) is 11.3 Å². The minimum atomic E-state index is -4.44. The van der Waals surface area contributed by atoms with Crippen LogP contribution in [0.15, 0.2) is 10.9 Å². The lowest BCUT2D eigenvalue weighted by molar-refractivity contribution is -0.153. The summed E-state index contributed by atoms with van der Waals surface area (Å²) in [4.78, 5) is 13.8. The Labute approximate surface area is 101 Å². The zero-order chi connectivity index (χ0) is 12.3. The normalized spacial score (nSPS) is 10.9. The van der Waals surface area contributed by atoms with Gasteiger partial charge in [0.05, 0.1) is 5.56 Å². The van der Waals surface area contributed by atoms with E-state index in [0.29, 0.717) is 5.69 Å². The number of nitrogens with two attached hydrogens (primary N) is 1. The van der Waals surface area contributed by atoms with Crippen LogP contribution in [0.3, 0.4) is 0 Å². The number of aryl methyl sites for hydroxylation is 1. The number of ether oxygens (including phenoxy) is 1. The Morgan fingerprint density at radius 3 is 2.53 bits per heavy atom. The smallest absolute Gasteiger partial charge is 0.422 e. The van der Waals surface area contributed by atoms with Crippen molar-refractivity contribution < 1.29 is 17.9 Å². The summed E-state index contributed by atoms with van der Waals surface area (Å²) in [5.74, 6) is -0.124. The fourth-order valence-corrected chi connectivity index (χ4v) is 1.17. The SMILES string of the molecule is Cc1cc(OCC(F)(F)F)c(CN)c(=O)[nH]1.Cl. The van der Waals surface area contributed by atoms with Gasteiger partial charge in [0, 0.05) is 12.2 Å². The number of alkyl halides is 3. The molecule has 1 rings (SSSR count). The molecule has 0 fully saturated rings. The molecule has 0 amide bonds. The van der Waals surface area contributed by atoms with E-state index in [1.165, 1.54) is 6.07 Å². The van der Waals surface area contributed by atoms with E-state index in [4.69, 9.17) is 5.73 Å². The van der Waals surface area contributed by atoms with Crippen molar-refractivity contribution in [3.8, 4) is 5.75 Å². The van der Waals surface area contributed by atoms with Crippen molar-refractivity contribution in [1.29, 1.82) is 0 Å². The third kappa shape index (κ3) is 4.66. The van der Waals surface area contributed by atoms with Crippen molar-refractivity contribution >= 4 is 12.4 Å². The van der Waals surface area contributed by atoms with Gasteiger partial charge in [-0.25, -0.2) is 0 Å². The number of nitrogens with one attached hydrogen (secondary N) is 1. The Hall–Kier alpha value is -1.21. The predicted molar refractivity (Wildman–Crippen MR) is 58.5 cm³/mol. The van der Waals surface area contributed by atoms with Crippen LogP contribution < -0.4 is 16.0 Å². The Morgan fingerprint density at radius 2 is 2.06 bits per heavy atom. The molecular weight excluding hydrogens is 261 g/mol. The van der Waals surface area contributed by atoms with Gasteiger partial charge in [-0.05, 0) is 13.0 Å². The van der Waals surface area contributed by atoms with Crippen molar-refractivity contribution in [3.63, 3.8) is 0 Å². The minimum Gasteiger partial charge on any atom is -0.484 e. The largest absolute Gasteiger partial charge is 0.484 e. The molecule has 17 heavy (non-hydrogen) atoms. The summed E-state index contributed by atoms with van der Waals surface area (Å²) in [6.45, 7) is -0.0756. The van der Waals surface area contributed by atoms with Gasteiger partial charge in [0.1, 0.15) is 5.75 Å². The van der Waals surface area contributed by atoms with Crippen molar-refractivity contribution in [3.05, 3.63) is 27.7 Å². The van der Waals surface area contributed by atoms with E-state index in [1.54, 1.807) is 6.92 Å². The Balaban J connectivity index is 0.00000256. The molecule has 0 radical (unpaired) electrons. The molecule has 0 aliphatic heterocycles. The molecule has 0 aliphatic carbocycles. The van der Waals surface area contributed by atoms with E-state index in [0.717, 1.165) is 0 Å². The van der Waals surface area contributed by atoms with Crippen LogP contribution >= 0.6 is 12.4 Å². The molecular formula is C9H12ClF3N2O2. The average molecular weight is 273 g/mol. The first-order chi connectivity index (χ1) is 7.33. The van der Waals surface area contributed by atoms with Gasteiger partial charge in [-0.2, -0.15) is 13.2 Å². The molecule has 1 aromatic heterocycles. The second-order valence-electron chi connectivity index (χ2n) is 3.23. The summed E-state index contributed by atoms with van der Waals surface area (Å²) in [6, 6.07) is 1.31. The number of H-pyrrole nitrogens is 1. The van der Waals surface area contributed by atoms with E-state index in [2.05, 4.69) is 9.72 Å². The van der Waals surface area contributed by atoms with Crippen LogP contribution in [0, 0.1) is 6.92 Å². The molecule has 0 atom stereocenters. The zero-order valence-corrected chi connectivity index (χ0v) is 9.74. The summed E-state index contributed by atoms with van der Waals surface area (Å²) in [5.41, 5.74) is 5.16. The van der Waals surface area contributed by atoms with Crippen molar-refractivity contribution in [2.24, 2.45) is 5.73 Å². The summed E-state index contributed by atoms with van der Waals surface area (Å²) in [6.07, 6.45) is -4.44. The Bertz CT molecular complexity index is 431. The molecule has 4 nitrogen and oxygen atoms in total. The van der Waals surface area contributed by atoms with Gasteiger partial charge in [-0.3, -0.25) is 4.79 Å². The number of hydrogen-bond acceptors (Lipinski definition) is 3. The molecule has 0 spiro atoms. The number of pyridine rings is 1. The first kappa shape index (κ1) is 15.8. The van der Waals surface area contributed by atoms with Crippen LogP contribution in [0.5, 0.6) is 5.75 Å². The lowest BCUT2D eigenvalue weighted by atomic mass is 10.2. The van der Waals surface area contributed by atoms with Crippen LogP contribution in [0.2, 0.25) is 0 Å². The maximum absolute atomic E-state index is 11.9. The van der Waals surface area contributed by atoms with Gasteiger partial charge in [0.15, 0.2) is 6.61 Å².